The number of hydrogen-bond acceptors (Lipinski definition) is 5. The van der Waals surface area contributed by atoms with E-state index in [0.29, 0.717) is 24.8 Å². The van der Waals surface area contributed by atoms with Crippen molar-refractivity contribution in [3.05, 3.63) is 11.9 Å². The number of amides is 1. The van der Waals surface area contributed by atoms with E-state index in [4.69, 9.17) is 0 Å². The Kier molecular flexibility index (Phi) is 3.96. The second-order valence-corrected chi connectivity index (χ2v) is 4.45. The third-order valence-corrected chi connectivity index (χ3v) is 2.69. The summed E-state index contributed by atoms with van der Waals surface area (Å²) in [6.07, 6.45) is 2.71. The largest absolute Gasteiger partial charge is 0.373 e. The molecule has 0 atom stereocenters. The fraction of sp³-hybridized carbons (Fsp3) is 0.583. The monoisotopic (exact) mass is 249 g/mol. The highest BCUT2D eigenvalue weighted by Crippen LogP contribution is 2.18. The zero-order valence-corrected chi connectivity index (χ0v) is 10.8. The van der Waals surface area contributed by atoms with E-state index in [1.807, 2.05) is 20.0 Å². The van der Waals surface area contributed by atoms with Crippen LogP contribution in [0.5, 0.6) is 0 Å². The highest BCUT2D eigenvalue weighted by Gasteiger charge is 2.22. The number of aromatic nitrogens is 2. The number of aryl methyl sites for hydroxylation is 1. The lowest BCUT2D eigenvalue weighted by Gasteiger charge is -2.08. The van der Waals surface area contributed by atoms with Gasteiger partial charge in [0, 0.05) is 32.1 Å². The molecule has 0 spiro atoms. The molecule has 6 heteroatoms. The maximum absolute atomic E-state index is 11.5. The van der Waals surface area contributed by atoms with Gasteiger partial charge in [-0.3, -0.25) is 4.79 Å². The van der Waals surface area contributed by atoms with Crippen molar-refractivity contribution in [2.75, 3.05) is 24.2 Å². The smallest absolute Gasteiger partial charge is 0.221 e. The van der Waals surface area contributed by atoms with Gasteiger partial charge in [0.2, 0.25) is 5.91 Å². The second kappa shape index (κ2) is 5.66. The van der Waals surface area contributed by atoms with Crippen molar-refractivity contribution in [1.82, 2.24) is 15.3 Å². The Morgan fingerprint density at radius 2 is 2.11 bits per heavy atom. The number of hydrogen-bond donors (Lipinski definition) is 3. The molecule has 3 N–H and O–H groups in total. The lowest BCUT2D eigenvalue weighted by Crippen LogP contribution is -2.27. The van der Waals surface area contributed by atoms with Crippen molar-refractivity contribution in [2.24, 2.45) is 0 Å². The molecule has 1 amide bonds. The summed E-state index contributed by atoms with van der Waals surface area (Å²) in [5.74, 6) is 2.31. The molecule has 2 rings (SSSR count). The van der Waals surface area contributed by atoms with Crippen LogP contribution in [0, 0.1) is 6.92 Å². The third-order valence-electron chi connectivity index (χ3n) is 2.69. The molecule has 0 aromatic carbocycles. The van der Waals surface area contributed by atoms with Gasteiger partial charge < -0.3 is 16.0 Å². The molecule has 0 unspecified atom stereocenters. The van der Waals surface area contributed by atoms with Gasteiger partial charge in [-0.25, -0.2) is 9.97 Å². The van der Waals surface area contributed by atoms with Crippen LogP contribution in [0.4, 0.5) is 11.6 Å². The Morgan fingerprint density at radius 1 is 1.39 bits per heavy atom. The van der Waals surface area contributed by atoms with Gasteiger partial charge in [0.1, 0.15) is 17.5 Å². The van der Waals surface area contributed by atoms with Crippen LogP contribution in [0.15, 0.2) is 6.07 Å². The molecule has 1 aliphatic rings. The van der Waals surface area contributed by atoms with Crippen LogP contribution in [0.25, 0.3) is 0 Å². The molecule has 1 saturated carbocycles. The second-order valence-electron chi connectivity index (χ2n) is 4.45. The zero-order chi connectivity index (χ0) is 13.0. The Morgan fingerprint density at radius 3 is 2.78 bits per heavy atom. The van der Waals surface area contributed by atoms with Crippen LogP contribution in [0.2, 0.25) is 0 Å². The van der Waals surface area contributed by atoms with Crippen molar-refractivity contribution in [2.45, 2.75) is 32.2 Å². The minimum Gasteiger partial charge on any atom is -0.373 e. The first-order valence-electron chi connectivity index (χ1n) is 6.24. The van der Waals surface area contributed by atoms with Gasteiger partial charge in [-0.15, -0.1) is 0 Å². The standard InChI is InChI=1S/C12H19N5O/c1-8-15-10(13-2)7-11(16-8)14-6-5-12(18)17-9-3-4-9/h7,9H,3-6H2,1-2H3,(H,17,18)(H2,13,14,15,16). The molecule has 6 nitrogen and oxygen atoms in total. The van der Waals surface area contributed by atoms with E-state index in [9.17, 15) is 4.79 Å². The molecule has 1 aromatic rings. The van der Waals surface area contributed by atoms with E-state index in [-0.39, 0.29) is 5.91 Å². The predicted molar refractivity (Wildman–Crippen MR) is 70.6 cm³/mol. The molecule has 18 heavy (non-hydrogen) atoms. The van der Waals surface area contributed by atoms with Crippen LogP contribution >= 0.6 is 0 Å². The van der Waals surface area contributed by atoms with E-state index < -0.39 is 0 Å². The van der Waals surface area contributed by atoms with E-state index in [1.54, 1.807) is 0 Å². The average molecular weight is 249 g/mol. The third kappa shape index (κ3) is 3.87. The van der Waals surface area contributed by atoms with Gasteiger partial charge in [0.25, 0.3) is 0 Å². The van der Waals surface area contributed by atoms with Gasteiger partial charge in [0.05, 0.1) is 0 Å². The molecule has 1 aliphatic carbocycles. The molecule has 0 radical (unpaired) electrons. The van der Waals surface area contributed by atoms with E-state index >= 15 is 0 Å². The van der Waals surface area contributed by atoms with Crippen molar-refractivity contribution in [3.8, 4) is 0 Å². The summed E-state index contributed by atoms with van der Waals surface area (Å²) in [5, 5.41) is 9.05. The Balaban J connectivity index is 1.78. The minimum absolute atomic E-state index is 0.101. The van der Waals surface area contributed by atoms with E-state index in [1.165, 1.54) is 0 Å². The minimum atomic E-state index is 0.101. The first-order valence-corrected chi connectivity index (χ1v) is 6.24. The summed E-state index contributed by atoms with van der Waals surface area (Å²) in [4.78, 5) is 19.9. The van der Waals surface area contributed by atoms with Crippen LogP contribution < -0.4 is 16.0 Å². The molecule has 98 valence electrons. The van der Waals surface area contributed by atoms with Gasteiger partial charge in [-0.2, -0.15) is 0 Å². The summed E-state index contributed by atoms with van der Waals surface area (Å²) < 4.78 is 0. The van der Waals surface area contributed by atoms with Crippen molar-refractivity contribution < 1.29 is 4.79 Å². The molecule has 0 saturated heterocycles. The summed E-state index contributed by atoms with van der Waals surface area (Å²) in [6.45, 7) is 2.42. The maximum Gasteiger partial charge on any atom is 0.221 e. The number of carbonyl (C=O) groups is 1. The number of nitrogens with zero attached hydrogens (tertiary/aromatic N) is 2. The number of carbonyl (C=O) groups excluding carboxylic acids is 1. The van der Waals surface area contributed by atoms with Gasteiger partial charge in [0.15, 0.2) is 0 Å². The lowest BCUT2D eigenvalue weighted by molar-refractivity contribution is -0.120. The topological polar surface area (TPSA) is 78.9 Å². The lowest BCUT2D eigenvalue weighted by atomic mass is 10.4. The molecular formula is C12H19N5O. The molecule has 0 bridgehead atoms. The maximum atomic E-state index is 11.5. The first kappa shape index (κ1) is 12.6. The summed E-state index contributed by atoms with van der Waals surface area (Å²) in [7, 11) is 1.81. The van der Waals surface area contributed by atoms with Crippen LogP contribution in [0.1, 0.15) is 25.1 Å². The van der Waals surface area contributed by atoms with Gasteiger partial charge >= 0.3 is 0 Å². The highest BCUT2D eigenvalue weighted by atomic mass is 16.1. The number of anilines is 2. The van der Waals surface area contributed by atoms with E-state index in [2.05, 4.69) is 25.9 Å². The number of nitrogens with one attached hydrogen (secondary N) is 3. The van der Waals surface area contributed by atoms with Crippen molar-refractivity contribution in [1.29, 1.82) is 0 Å². The molecule has 1 fully saturated rings. The van der Waals surface area contributed by atoms with Gasteiger partial charge in [-0.05, 0) is 19.8 Å². The van der Waals surface area contributed by atoms with Crippen molar-refractivity contribution in [3.63, 3.8) is 0 Å². The number of rotatable bonds is 6. The summed E-state index contributed by atoms with van der Waals surface area (Å²) >= 11 is 0. The van der Waals surface area contributed by atoms with Crippen LogP contribution in [0.3, 0.4) is 0 Å². The van der Waals surface area contributed by atoms with Crippen LogP contribution in [-0.4, -0.2) is 35.5 Å². The SMILES string of the molecule is CNc1cc(NCCC(=O)NC2CC2)nc(C)n1. The highest BCUT2D eigenvalue weighted by molar-refractivity contribution is 5.77. The molecular weight excluding hydrogens is 230 g/mol. The van der Waals surface area contributed by atoms with Gasteiger partial charge in [-0.1, -0.05) is 0 Å². The quantitative estimate of drug-likeness (QED) is 0.698. The molecule has 1 heterocycles. The first-order chi connectivity index (χ1) is 8.67. The Hall–Kier alpha value is -1.85. The average Bonchev–Trinajstić information content (AvgIpc) is 3.12. The Labute approximate surface area is 107 Å². The normalized spacial score (nSPS) is 14.1. The zero-order valence-electron chi connectivity index (χ0n) is 10.8. The molecule has 1 aromatic heterocycles. The summed E-state index contributed by atoms with van der Waals surface area (Å²) in [6, 6.07) is 2.25. The fourth-order valence-corrected chi connectivity index (χ4v) is 1.62. The van der Waals surface area contributed by atoms with Crippen molar-refractivity contribution >= 4 is 17.5 Å². The predicted octanol–water partition coefficient (Wildman–Crippen LogP) is 0.907. The summed E-state index contributed by atoms with van der Waals surface area (Å²) in [5.41, 5.74) is 0. The fourth-order valence-electron chi connectivity index (χ4n) is 1.62. The molecule has 0 aliphatic heterocycles. The van der Waals surface area contributed by atoms with E-state index in [0.717, 1.165) is 24.5 Å². The van der Waals surface area contributed by atoms with Crippen LogP contribution in [-0.2, 0) is 4.79 Å². The Bertz CT molecular complexity index is 430.